The van der Waals surface area contributed by atoms with E-state index in [-0.39, 0.29) is 0 Å². The van der Waals surface area contributed by atoms with E-state index in [9.17, 15) is 0 Å². The van der Waals surface area contributed by atoms with E-state index in [4.69, 9.17) is 0 Å². The third kappa shape index (κ3) is 4.19. The minimum Gasteiger partial charge on any atom is -0.316 e. The summed E-state index contributed by atoms with van der Waals surface area (Å²) in [4.78, 5) is 2.83. The summed E-state index contributed by atoms with van der Waals surface area (Å²) in [5, 5.41) is 3.57. The van der Waals surface area contributed by atoms with Crippen molar-refractivity contribution >= 4 is 0 Å². The maximum absolute atomic E-state index is 3.57. The predicted octanol–water partition coefficient (Wildman–Crippen LogP) is 3.52. The minimum absolute atomic E-state index is 0.556. The summed E-state index contributed by atoms with van der Waals surface area (Å²) in [6.45, 7) is 14.8. The van der Waals surface area contributed by atoms with Crippen molar-refractivity contribution in [3.05, 3.63) is 0 Å². The summed E-state index contributed by atoms with van der Waals surface area (Å²) >= 11 is 0. The molecule has 1 saturated carbocycles. The minimum atomic E-state index is 0.556. The first-order valence-corrected chi connectivity index (χ1v) is 8.46. The number of rotatable bonds is 5. The van der Waals surface area contributed by atoms with Crippen molar-refractivity contribution in [2.45, 2.75) is 65.8 Å². The Morgan fingerprint density at radius 1 is 1.26 bits per heavy atom. The van der Waals surface area contributed by atoms with Gasteiger partial charge in [-0.15, -0.1) is 0 Å². The van der Waals surface area contributed by atoms with Gasteiger partial charge in [-0.2, -0.15) is 0 Å². The van der Waals surface area contributed by atoms with Crippen LogP contribution < -0.4 is 5.32 Å². The molecule has 2 heteroatoms. The zero-order valence-electron chi connectivity index (χ0n) is 13.5. The average Bonchev–Trinajstić information content (AvgIpc) is 2.63. The van der Waals surface area contributed by atoms with Gasteiger partial charge in [0.15, 0.2) is 0 Å². The second-order valence-corrected chi connectivity index (χ2v) is 7.82. The van der Waals surface area contributed by atoms with Crippen LogP contribution in [-0.2, 0) is 0 Å². The molecule has 0 spiro atoms. The Bertz CT molecular complexity index is 268. The Morgan fingerprint density at radius 2 is 2.05 bits per heavy atom. The molecule has 0 aromatic carbocycles. The Labute approximate surface area is 120 Å². The second kappa shape index (κ2) is 6.58. The molecule has 0 bridgehead atoms. The SMILES string of the molecule is CCCN(CC1CCCNC1)C1CC(C)(C)CC1C. The van der Waals surface area contributed by atoms with Gasteiger partial charge in [0.2, 0.25) is 0 Å². The highest BCUT2D eigenvalue weighted by molar-refractivity contribution is 4.93. The Hall–Kier alpha value is -0.0800. The number of piperidine rings is 1. The predicted molar refractivity (Wildman–Crippen MR) is 83.4 cm³/mol. The molecule has 2 rings (SSSR count). The summed E-state index contributed by atoms with van der Waals surface area (Å²) in [6.07, 6.45) is 6.90. The summed E-state index contributed by atoms with van der Waals surface area (Å²) in [7, 11) is 0. The van der Waals surface area contributed by atoms with Gasteiger partial charge in [0, 0.05) is 12.6 Å². The lowest BCUT2D eigenvalue weighted by atomic mass is 9.91. The van der Waals surface area contributed by atoms with Crippen LogP contribution in [0.25, 0.3) is 0 Å². The summed E-state index contributed by atoms with van der Waals surface area (Å²) in [5.41, 5.74) is 0.556. The average molecular weight is 266 g/mol. The monoisotopic (exact) mass is 266 g/mol. The first kappa shape index (κ1) is 15.3. The van der Waals surface area contributed by atoms with E-state index in [1.165, 1.54) is 58.3 Å². The van der Waals surface area contributed by atoms with Gasteiger partial charge in [-0.25, -0.2) is 0 Å². The van der Waals surface area contributed by atoms with Gasteiger partial charge in [-0.05, 0) is 69.0 Å². The highest BCUT2D eigenvalue weighted by Gasteiger charge is 2.39. The van der Waals surface area contributed by atoms with Gasteiger partial charge in [0.05, 0.1) is 0 Å². The normalized spacial score (nSPS) is 34.9. The highest BCUT2D eigenvalue weighted by atomic mass is 15.2. The largest absolute Gasteiger partial charge is 0.316 e. The van der Waals surface area contributed by atoms with Crippen molar-refractivity contribution < 1.29 is 0 Å². The van der Waals surface area contributed by atoms with Gasteiger partial charge in [-0.3, -0.25) is 4.90 Å². The summed E-state index contributed by atoms with van der Waals surface area (Å²) in [5.74, 6) is 1.76. The standard InChI is InChI=1S/C17H34N2/c1-5-9-19(13-15-7-6-8-18-12-15)16-11-17(3,4)10-14(16)2/h14-16,18H,5-13H2,1-4H3. The topological polar surface area (TPSA) is 15.3 Å². The van der Waals surface area contributed by atoms with Crippen molar-refractivity contribution in [2.75, 3.05) is 26.2 Å². The molecule has 0 amide bonds. The first-order chi connectivity index (χ1) is 9.02. The molecular weight excluding hydrogens is 232 g/mol. The molecule has 0 aromatic heterocycles. The lowest BCUT2D eigenvalue weighted by Crippen LogP contribution is -2.44. The first-order valence-electron chi connectivity index (χ1n) is 8.46. The van der Waals surface area contributed by atoms with Crippen molar-refractivity contribution in [1.82, 2.24) is 10.2 Å². The number of nitrogens with zero attached hydrogens (tertiary/aromatic N) is 1. The molecule has 1 aliphatic heterocycles. The molecule has 1 aliphatic carbocycles. The molecule has 19 heavy (non-hydrogen) atoms. The third-order valence-corrected chi connectivity index (χ3v) is 5.16. The van der Waals surface area contributed by atoms with Gasteiger partial charge in [-0.1, -0.05) is 27.7 Å². The smallest absolute Gasteiger partial charge is 0.0126 e. The Balaban J connectivity index is 1.94. The maximum atomic E-state index is 3.57. The summed E-state index contributed by atoms with van der Waals surface area (Å²) < 4.78 is 0. The van der Waals surface area contributed by atoms with E-state index in [1.807, 2.05) is 0 Å². The molecule has 0 radical (unpaired) electrons. The quantitative estimate of drug-likeness (QED) is 0.819. The number of hydrogen-bond acceptors (Lipinski definition) is 2. The third-order valence-electron chi connectivity index (χ3n) is 5.16. The van der Waals surface area contributed by atoms with Crippen LogP contribution in [0, 0.1) is 17.3 Å². The van der Waals surface area contributed by atoms with Crippen LogP contribution in [0.3, 0.4) is 0 Å². The summed E-state index contributed by atoms with van der Waals surface area (Å²) in [6, 6.07) is 0.830. The van der Waals surface area contributed by atoms with Crippen LogP contribution in [0.5, 0.6) is 0 Å². The van der Waals surface area contributed by atoms with Crippen molar-refractivity contribution in [1.29, 1.82) is 0 Å². The zero-order chi connectivity index (χ0) is 13.9. The lowest BCUT2D eigenvalue weighted by molar-refractivity contribution is 0.127. The van der Waals surface area contributed by atoms with Gasteiger partial charge in [0.1, 0.15) is 0 Å². The van der Waals surface area contributed by atoms with Crippen molar-refractivity contribution in [3.8, 4) is 0 Å². The molecule has 2 nitrogen and oxygen atoms in total. The fourth-order valence-corrected chi connectivity index (χ4v) is 4.44. The van der Waals surface area contributed by atoms with Gasteiger partial charge >= 0.3 is 0 Å². The van der Waals surface area contributed by atoms with Gasteiger partial charge < -0.3 is 5.32 Å². The second-order valence-electron chi connectivity index (χ2n) is 7.82. The molecule has 3 atom stereocenters. The Morgan fingerprint density at radius 3 is 2.58 bits per heavy atom. The lowest BCUT2D eigenvalue weighted by Gasteiger charge is -2.36. The van der Waals surface area contributed by atoms with Crippen LogP contribution in [-0.4, -0.2) is 37.1 Å². The van der Waals surface area contributed by atoms with Gasteiger partial charge in [0.25, 0.3) is 0 Å². The molecule has 1 saturated heterocycles. The molecule has 112 valence electrons. The van der Waals surface area contributed by atoms with Crippen LogP contribution >= 0.6 is 0 Å². The molecule has 2 aliphatic rings. The molecule has 0 aromatic rings. The fraction of sp³-hybridized carbons (Fsp3) is 1.00. The zero-order valence-corrected chi connectivity index (χ0v) is 13.5. The van der Waals surface area contributed by atoms with Crippen LogP contribution in [0.2, 0.25) is 0 Å². The van der Waals surface area contributed by atoms with Crippen LogP contribution in [0.15, 0.2) is 0 Å². The van der Waals surface area contributed by atoms with E-state index in [1.54, 1.807) is 0 Å². The van der Waals surface area contributed by atoms with E-state index >= 15 is 0 Å². The van der Waals surface area contributed by atoms with E-state index in [2.05, 4.69) is 37.9 Å². The van der Waals surface area contributed by atoms with Crippen molar-refractivity contribution in [2.24, 2.45) is 17.3 Å². The molecular formula is C17H34N2. The molecule has 1 heterocycles. The fourth-order valence-electron chi connectivity index (χ4n) is 4.44. The molecule has 2 fully saturated rings. The van der Waals surface area contributed by atoms with Crippen LogP contribution in [0.4, 0.5) is 0 Å². The van der Waals surface area contributed by atoms with E-state index in [0.717, 1.165) is 17.9 Å². The van der Waals surface area contributed by atoms with E-state index < -0.39 is 0 Å². The molecule has 1 N–H and O–H groups in total. The maximum Gasteiger partial charge on any atom is 0.0126 e. The highest BCUT2D eigenvalue weighted by Crippen LogP contribution is 2.43. The number of nitrogens with one attached hydrogen (secondary N) is 1. The number of hydrogen-bond donors (Lipinski definition) is 1. The Kier molecular flexibility index (Phi) is 5.30. The van der Waals surface area contributed by atoms with E-state index in [0.29, 0.717) is 5.41 Å². The van der Waals surface area contributed by atoms with Crippen LogP contribution in [0.1, 0.15) is 59.8 Å². The van der Waals surface area contributed by atoms with Crippen molar-refractivity contribution in [3.63, 3.8) is 0 Å². The molecule has 3 unspecified atom stereocenters.